The number of pyridine rings is 1. The molecule has 9 nitrogen and oxygen atoms in total. The Morgan fingerprint density at radius 3 is 2.53 bits per heavy atom. The molecule has 0 saturated carbocycles. The van der Waals surface area contributed by atoms with Crippen molar-refractivity contribution in [3.63, 3.8) is 0 Å². The summed E-state index contributed by atoms with van der Waals surface area (Å²) in [7, 11) is -5.35. The summed E-state index contributed by atoms with van der Waals surface area (Å²) in [6, 6.07) is 18.3. The molecule has 0 spiro atoms. The van der Waals surface area contributed by atoms with E-state index in [0.717, 1.165) is 16.1 Å². The number of aromatic nitrogens is 3. The molecule has 4 heterocycles. The van der Waals surface area contributed by atoms with Crippen LogP contribution in [0.3, 0.4) is 0 Å². The Balaban J connectivity index is 1.59. The van der Waals surface area contributed by atoms with Crippen molar-refractivity contribution in [3.05, 3.63) is 94.9 Å². The van der Waals surface area contributed by atoms with Crippen LogP contribution in [0.1, 0.15) is 5.56 Å². The number of hydrogen-bond donors (Lipinski definition) is 0. The summed E-state index contributed by atoms with van der Waals surface area (Å²) in [6.07, 6.45) is 2.96. The van der Waals surface area contributed by atoms with E-state index in [1.54, 1.807) is 41.0 Å². The van der Waals surface area contributed by atoms with Crippen molar-refractivity contribution >= 4 is 51.0 Å². The van der Waals surface area contributed by atoms with E-state index < -0.39 is 29.5 Å². The van der Waals surface area contributed by atoms with E-state index in [-0.39, 0.29) is 33.8 Å². The largest absolute Gasteiger partial charge is 0.422 e. The van der Waals surface area contributed by atoms with Crippen molar-refractivity contribution in [2.45, 2.75) is 37.3 Å². The second-order valence-corrected chi connectivity index (χ2v) is 18.9. The second-order valence-electron chi connectivity index (χ2n) is 11.4. The molecule has 0 amide bonds. The first-order valence-corrected chi connectivity index (χ1v) is 18.7. The van der Waals surface area contributed by atoms with Crippen LogP contribution in [0.5, 0.6) is 0 Å². The maximum absolute atomic E-state index is 14.5. The molecule has 0 aliphatic heterocycles. The molecule has 0 radical (unpaired) electrons. The Labute approximate surface area is 247 Å². The zero-order chi connectivity index (χ0) is 30.5. The minimum atomic E-state index is -3.94. The number of nitriles is 1. The number of hydrogen-bond acceptors (Lipinski definition) is 7. The monoisotopic (exact) mass is 614 g/mol. The normalized spacial score (nSPS) is 12.3. The molecule has 6 aromatic rings. The van der Waals surface area contributed by atoms with Crippen molar-refractivity contribution < 1.29 is 22.0 Å². The van der Waals surface area contributed by atoms with Gasteiger partial charge in [-0.05, 0) is 42.4 Å². The average Bonchev–Trinajstić information content (AvgIpc) is 3.58. The van der Waals surface area contributed by atoms with Crippen molar-refractivity contribution in [1.82, 2.24) is 13.5 Å². The van der Waals surface area contributed by atoms with E-state index in [9.17, 15) is 22.9 Å². The molecule has 6 rings (SSSR count). The Bertz CT molecular complexity index is 2240. The third-order valence-corrected chi connectivity index (χ3v) is 10.7. The summed E-state index contributed by atoms with van der Waals surface area (Å²) in [5.41, 5.74) is 0.923. The van der Waals surface area contributed by atoms with Crippen molar-refractivity contribution in [2.24, 2.45) is 0 Å². The number of fused-ring (bicyclic) bond motifs is 4. The van der Waals surface area contributed by atoms with Gasteiger partial charge in [0.25, 0.3) is 10.0 Å². The van der Waals surface area contributed by atoms with Gasteiger partial charge in [-0.3, -0.25) is 0 Å². The maximum Gasteiger partial charge on any atom is 0.345 e. The van der Waals surface area contributed by atoms with Gasteiger partial charge < -0.3 is 13.7 Å². The fraction of sp³-hybridized carbons (Fsp3) is 0.194. The summed E-state index contributed by atoms with van der Waals surface area (Å²) in [5.74, 6) is -0.793. The second kappa shape index (κ2) is 10.6. The molecule has 2 aromatic carbocycles. The van der Waals surface area contributed by atoms with Crippen molar-refractivity contribution in [3.8, 4) is 17.3 Å². The first kappa shape index (κ1) is 28.5. The van der Waals surface area contributed by atoms with Gasteiger partial charge >= 0.3 is 5.63 Å². The highest BCUT2D eigenvalue weighted by Gasteiger charge is 2.24. The lowest BCUT2D eigenvalue weighted by molar-refractivity contribution is 0.0914. The zero-order valence-corrected chi connectivity index (χ0v) is 25.5. The maximum atomic E-state index is 14.5. The van der Waals surface area contributed by atoms with Crippen LogP contribution in [0.4, 0.5) is 4.39 Å². The van der Waals surface area contributed by atoms with E-state index in [1.165, 1.54) is 30.6 Å². The molecular weight excluding hydrogens is 588 g/mol. The van der Waals surface area contributed by atoms with Crippen molar-refractivity contribution in [1.29, 1.82) is 5.26 Å². The van der Waals surface area contributed by atoms with Crippen LogP contribution in [0.2, 0.25) is 25.7 Å². The van der Waals surface area contributed by atoms with E-state index in [0.29, 0.717) is 34.2 Å². The molecule has 0 unspecified atom stereocenters. The zero-order valence-electron chi connectivity index (χ0n) is 23.7. The van der Waals surface area contributed by atoms with Gasteiger partial charge in [-0.25, -0.2) is 26.6 Å². The van der Waals surface area contributed by atoms with Gasteiger partial charge in [0.05, 0.1) is 27.1 Å². The van der Waals surface area contributed by atoms with Crippen LogP contribution in [-0.2, 0) is 21.5 Å². The molecule has 43 heavy (non-hydrogen) atoms. The molecule has 0 aliphatic carbocycles. The third-order valence-electron chi connectivity index (χ3n) is 7.31. The van der Waals surface area contributed by atoms with Crippen LogP contribution >= 0.6 is 0 Å². The number of rotatable bonds is 8. The molecule has 218 valence electrons. The number of benzene rings is 2. The summed E-state index contributed by atoms with van der Waals surface area (Å²) in [5, 5.41) is 10.6. The molecule has 0 saturated heterocycles. The lowest BCUT2D eigenvalue weighted by Gasteiger charge is -2.17. The minimum absolute atomic E-state index is 0.00183. The number of halogens is 1. The smallest absolute Gasteiger partial charge is 0.345 e. The van der Waals surface area contributed by atoms with E-state index in [1.807, 2.05) is 6.07 Å². The standard InChI is InChI=1S/C31H27FN4O5SSi/c1-43(2,3)14-13-40-19-35-27(16-25-29(35)24-15-20(18-33)26(32)17-28(24)41-31(25)37)22-9-11-34-30-23(22)10-12-36(30)42(38,39)21-7-5-4-6-8-21/h4-12,15-17H,13-14,19H2,1-3H3. The summed E-state index contributed by atoms with van der Waals surface area (Å²) >= 11 is 0. The summed E-state index contributed by atoms with van der Waals surface area (Å²) in [6.45, 7) is 7.26. The molecular formula is C31H27FN4O5SSi. The third kappa shape index (κ3) is 5.05. The molecule has 0 bridgehead atoms. The van der Waals surface area contributed by atoms with Gasteiger partial charge in [0.15, 0.2) is 5.65 Å². The van der Waals surface area contributed by atoms with Crippen LogP contribution in [-0.4, -0.2) is 36.6 Å². The van der Waals surface area contributed by atoms with Crippen LogP contribution in [0.25, 0.3) is 44.2 Å². The van der Waals surface area contributed by atoms with Gasteiger partial charge in [-0.1, -0.05) is 37.8 Å². The lowest BCUT2D eigenvalue weighted by atomic mass is 10.1. The Kier molecular flexibility index (Phi) is 7.04. The molecule has 0 aliphatic rings. The predicted molar refractivity (Wildman–Crippen MR) is 165 cm³/mol. The van der Waals surface area contributed by atoms with Crippen LogP contribution < -0.4 is 5.63 Å². The van der Waals surface area contributed by atoms with Gasteiger partial charge in [0.1, 0.15) is 24.2 Å². The van der Waals surface area contributed by atoms with Gasteiger partial charge in [0.2, 0.25) is 0 Å². The Morgan fingerprint density at radius 1 is 1.05 bits per heavy atom. The van der Waals surface area contributed by atoms with Gasteiger partial charge in [0, 0.05) is 49.5 Å². The van der Waals surface area contributed by atoms with E-state index >= 15 is 0 Å². The molecule has 12 heteroatoms. The number of ether oxygens (including phenoxy) is 1. The van der Waals surface area contributed by atoms with Gasteiger partial charge in [-0.15, -0.1) is 0 Å². The summed E-state index contributed by atoms with van der Waals surface area (Å²) < 4.78 is 56.0. The fourth-order valence-corrected chi connectivity index (χ4v) is 7.17. The highest BCUT2D eigenvalue weighted by molar-refractivity contribution is 7.90. The highest BCUT2D eigenvalue weighted by atomic mass is 32.2. The Hall–Kier alpha value is -4.57. The lowest BCUT2D eigenvalue weighted by Crippen LogP contribution is -2.22. The quantitative estimate of drug-likeness (QED) is 0.112. The predicted octanol–water partition coefficient (Wildman–Crippen LogP) is 6.32. The topological polar surface area (TPSA) is 120 Å². The summed E-state index contributed by atoms with van der Waals surface area (Å²) in [4.78, 5) is 17.7. The SMILES string of the molecule is C[Si](C)(C)CCOCn1c(-c2ccnc3c2ccn3S(=O)(=O)c2ccccc2)cc2c(=O)oc3cc(F)c(C#N)cc3c21. The number of nitrogens with zero attached hydrogens (tertiary/aromatic N) is 4. The van der Waals surface area contributed by atoms with E-state index in [4.69, 9.17) is 9.15 Å². The average molecular weight is 615 g/mol. The fourth-order valence-electron chi connectivity index (χ4n) is 5.09. The van der Waals surface area contributed by atoms with Crippen LogP contribution in [0, 0.1) is 17.1 Å². The van der Waals surface area contributed by atoms with Crippen molar-refractivity contribution in [2.75, 3.05) is 6.61 Å². The van der Waals surface area contributed by atoms with Gasteiger partial charge in [-0.2, -0.15) is 5.26 Å². The molecule has 0 fully saturated rings. The minimum Gasteiger partial charge on any atom is -0.422 e. The van der Waals surface area contributed by atoms with Crippen LogP contribution in [0.15, 0.2) is 87.2 Å². The molecule has 0 N–H and O–H groups in total. The van der Waals surface area contributed by atoms with E-state index in [2.05, 4.69) is 24.6 Å². The Morgan fingerprint density at radius 2 is 1.81 bits per heavy atom. The first-order valence-electron chi connectivity index (χ1n) is 13.5. The molecule has 0 atom stereocenters. The molecule has 4 aromatic heterocycles. The first-order chi connectivity index (χ1) is 20.5. The highest BCUT2D eigenvalue weighted by Crippen LogP contribution is 2.36.